The van der Waals surface area contributed by atoms with E-state index in [1.807, 2.05) is 0 Å². The van der Waals surface area contributed by atoms with Gasteiger partial charge in [0.2, 0.25) is 10.0 Å². The Bertz CT molecular complexity index is 285. The standard InChI is InChI=1S/C9H20N2O2S/c1-9(2)4-3-6-11(8-9)14(12,13)7-5-10/h3-8,10H2,1-2H3. The molecule has 0 aromatic heterocycles. The van der Waals surface area contributed by atoms with Crippen molar-refractivity contribution >= 4 is 10.0 Å². The van der Waals surface area contributed by atoms with Crippen LogP contribution in [0.2, 0.25) is 0 Å². The Morgan fingerprint density at radius 1 is 1.43 bits per heavy atom. The van der Waals surface area contributed by atoms with Crippen LogP contribution >= 0.6 is 0 Å². The van der Waals surface area contributed by atoms with Crippen molar-refractivity contribution in [3.05, 3.63) is 0 Å². The van der Waals surface area contributed by atoms with Gasteiger partial charge in [0.15, 0.2) is 0 Å². The van der Waals surface area contributed by atoms with Crippen LogP contribution in [0.15, 0.2) is 0 Å². The van der Waals surface area contributed by atoms with Crippen LogP contribution in [-0.2, 0) is 10.0 Å². The number of hydrogen-bond donors (Lipinski definition) is 1. The quantitative estimate of drug-likeness (QED) is 0.748. The Kier molecular flexibility index (Phi) is 3.55. The summed E-state index contributed by atoms with van der Waals surface area (Å²) in [6.45, 7) is 5.72. The van der Waals surface area contributed by atoms with Gasteiger partial charge in [-0.2, -0.15) is 0 Å². The first kappa shape index (κ1) is 11.9. The lowest BCUT2D eigenvalue weighted by Gasteiger charge is -2.37. The van der Waals surface area contributed by atoms with Crippen LogP contribution in [0.4, 0.5) is 0 Å². The molecule has 0 radical (unpaired) electrons. The average Bonchev–Trinajstić information content (AvgIpc) is 2.02. The summed E-state index contributed by atoms with van der Waals surface area (Å²) < 4.78 is 25.0. The molecule has 14 heavy (non-hydrogen) atoms. The Morgan fingerprint density at radius 3 is 2.57 bits per heavy atom. The number of rotatable bonds is 3. The highest BCUT2D eigenvalue weighted by Gasteiger charge is 2.32. The molecule has 0 atom stereocenters. The smallest absolute Gasteiger partial charge is 0.215 e. The zero-order valence-electron chi connectivity index (χ0n) is 8.99. The van der Waals surface area contributed by atoms with Crippen LogP contribution in [-0.4, -0.2) is 38.1 Å². The van der Waals surface area contributed by atoms with Crippen molar-refractivity contribution in [1.82, 2.24) is 4.31 Å². The molecule has 0 unspecified atom stereocenters. The number of sulfonamides is 1. The first-order valence-electron chi connectivity index (χ1n) is 5.05. The van der Waals surface area contributed by atoms with Crippen molar-refractivity contribution < 1.29 is 8.42 Å². The van der Waals surface area contributed by atoms with Gasteiger partial charge in [-0.1, -0.05) is 13.8 Å². The maximum Gasteiger partial charge on any atom is 0.215 e. The zero-order chi connectivity index (χ0) is 10.8. The summed E-state index contributed by atoms with van der Waals surface area (Å²) in [7, 11) is -3.10. The van der Waals surface area contributed by atoms with Gasteiger partial charge in [-0.15, -0.1) is 0 Å². The maximum atomic E-state index is 11.7. The maximum absolute atomic E-state index is 11.7. The highest BCUT2D eigenvalue weighted by atomic mass is 32.2. The highest BCUT2D eigenvalue weighted by Crippen LogP contribution is 2.29. The summed E-state index contributed by atoms with van der Waals surface area (Å²) in [6, 6.07) is 0. The van der Waals surface area contributed by atoms with E-state index in [-0.39, 0.29) is 17.7 Å². The van der Waals surface area contributed by atoms with Crippen molar-refractivity contribution in [2.75, 3.05) is 25.4 Å². The van der Waals surface area contributed by atoms with E-state index in [0.29, 0.717) is 13.1 Å². The van der Waals surface area contributed by atoms with Gasteiger partial charge in [0, 0.05) is 19.6 Å². The molecule has 0 saturated carbocycles. The van der Waals surface area contributed by atoms with E-state index in [9.17, 15) is 8.42 Å². The summed E-state index contributed by atoms with van der Waals surface area (Å²) in [5.74, 6) is 0.0725. The molecule has 1 saturated heterocycles. The monoisotopic (exact) mass is 220 g/mol. The zero-order valence-corrected chi connectivity index (χ0v) is 9.81. The van der Waals surface area contributed by atoms with Gasteiger partial charge in [-0.05, 0) is 18.3 Å². The largest absolute Gasteiger partial charge is 0.329 e. The van der Waals surface area contributed by atoms with E-state index in [1.165, 1.54) is 0 Å². The molecule has 0 aromatic carbocycles. The van der Waals surface area contributed by atoms with E-state index < -0.39 is 10.0 Å². The molecule has 4 nitrogen and oxygen atoms in total. The molecule has 0 aliphatic carbocycles. The molecule has 0 spiro atoms. The van der Waals surface area contributed by atoms with E-state index >= 15 is 0 Å². The Balaban J connectivity index is 2.69. The van der Waals surface area contributed by atoms with Crippen LogP contribution in [0.25, 0.3) is 0 Å². The molecule has 0 bridgehead atoms. The van der Waals surface area contributed by atoms with Gasteiger partial charge >= 0.3 is 0 Å². The third kappa shape index (κ3) is 2.93. The van der Waals surface area contributed by atoms with E-state index in [0.717, 1.165) is 12.8 Å². The molecule has 1 heterocycles. The SMILES string of the molecule is CC1(C)CCCN(S(=O)(=O)CCN)C1. The number of nitrogens with two attached hydrogens (primary N) is 1. The summed E-state index contributed by atoms with van der Waals surface area (Å²) in [4.78, 5) is 0. The number of hydrogen-bond acceptors (Lipinski definition) is 3. The van der Waals surface area contributed by atoms with E-state index in [4.69, 9.17) is 5.73 Å². The van der Waals surface area contributed by atoms with Crippen molar-refractivity contribution in [1.29, 1.82) is 0 Å². The van der Waals surface area contributed by atoms with Gasteiger partial charge in [-0.25, -0.2) is 12.7 Å². The molecule has 1 rings (SSSR count). The predicted molar refractivity (Wildman–Crippen MR) is 57.4 cm³/mol. The van der Waals surface area contributed by atoms with Crippen LogP contribution in [0, 0.1) is 5.41 Å². The molecule has 0 aromatic rings. The van der Waals surface area contributed by atoms with Crippen molar-refractivity contribution in [2.45, 2.75) is 26.7 Å². The third-order valence-corrected chi connectivity index (χ3v) is 4.48. The highest BCUT2D eigenvalue weighted by molar-refractivity contribution is 7.89. The molecule has 1 aliphatic rings. The Morgan fingerprint density at radius 2 is 2.07 bits per heavy atom. The second-order valence-electron chi connectivity index (χ2n) is 4.71. The fourth-order valence-corrected chi connectivity index (χ4v) is 3.39. The number of nitrogens with zero attached hydrogens (tertiary/aromatic N) is 1. The topological polar surface area (TPSA) is 63.4 Å². The van der Waals surface area contributed by atoms with E-state index in [2.05, 4.69) is 13.8 Å². The minimum atomic E-state index is -3.10. The summed E-state index contributed by atoms with van der Waals surface area (Å²) in [5, 5.41) is 0. The minimum absolute atomic E-state index is 0.0725. The normalized spacial score (nSPS) is 23.6. The van der Waals surface area contributed by atoms with Gasteiger partial charge in [0.1, 0.15) is 0 Å². The summed E-state index contributed by atoms with van der Waals surface area (Å²) in [5.41, 5.74) is 5.39. The number of piperidine rings is 1. The Hall–Kier alpha value is -0.130. The van der Waals surface area contributed by atoms with Crippen LogP contribution in [0.5, 0.6) is 0 Å². The van der Waals surface area contributed by atoms with Crippen LogP contribution < -0.4 is 5.73 Å². The molecule has 2 N–H and O–H groups in total. The summed E-state index contributed by atoms with van der Waals surface area (Å²) in [6.07, 6.45) is 2.05. The molecule has 1 fully saturated rings. The minimum Gasteiger partial charge on any atom is -0.329 e. The summed E-state index contributed by atoms with van der Waals surface area (Å²) >= 11 is 0. The molecule has 5 heteroatoms. The van der Waals surface area contributed by atoms with Crippen molar-refractivity contribution in [2.24, 2.45) is 11.1 Å². The molecule has 84 valence electrons. The third-order valence-electron chi connectivity index (χ3n) is 2.63. The molecular weight excluding hydrogens is 200 g/mol. The van der Waals surface area contributed by atoms with Crippen LogP contribution in [0.3, 0.4) is 0 Å². The van der Waals surface area contributed by atoms with Crippen molar-refractivity contribution in [3.8, 4) is 0 Å². The molecular formula is C9H20N2O2S. The van der Waals surface area contributed by atoms with E-state index in [1.54, 1.807) is 4.31 Å². The first-order chi connectivity index (χ1) is 6.37. The lowest BCUT2D eigenvalue weighted by Crippen LogP contribution is -2.45. The van der Waals surface area contributed by atoms with Gasteiger partial charge in [0.25, 0.3) is 0 Å². The lowest BCUT2D eigenvalue weighted by atomic mass is 9.85. The molecule has 1 aliphatic heterocycles. The fraction of sp³-hybridized carbons (Fsp3) is 1.00. The molecule has 0 amide bonds. The van der Waals surface area contributed by atoms with Gasteiger partial charge in [0.05, 0.1) is 5.75 Å². The average molecular weight is 220 g/mol. The van der Waals surface area contributed by atoms with Crippen LogP contribution in [0.1, 0.15) is 26.7 Å². The van der Waals surface area contributed by atoms with Gasteiger partial charge < -0.3 is 5.73 Å². The van der Waals surface area contributed by atoms with Crippen molar-refractivity contribution in [3.63, 3.8) is 0 Å². The van der Waals surface area contributed by atoms with Gasteiger partial charge in [-0.3, -0.25) is 0 Å². The Labute approximate surface area is 86.5 Å². The first-order valence-corrected chi connectivity index (χ1v) is 6.66. The predicted octanol–water partition coefficient (Wildman–Crippen LogP) is 0.397. The lowest BCUT2D eigenvalue weighted by molar-refractivity contribution is 0.187. The second kappa shape index (κ2) is 4.16. The second-order valence-corrected chi connectivity index (χ2v) is 6.79. The fourth-order valence-electron chi connectivity index (χ4n) is 1.88.